The summed E-state index contributed by atoms with van der Waals surface area (Å²) in [6.07, 6.45) is 18.9. The standard InChI is InChI=1S/C28H39N7O/c36-28(35(19-26-29-14-15-30-26)20-27-31-16-17-32-27)22-8-6-21(7-9-22)18-33-23-10-12-25(13-11-23)34-24-4-2-1-3-5-24/h6-9,14-17,23-25,33-34H,1-5,10-13,18-20H2,(H,29,30)(H,31,32)/t23-,25-. The Kier molecular flexibility index (Phi) is 8.46. The number of hydrogen-bond acceptors (Lipinski definition) is 5. The summed E-state index contributed by atoms with van der Waals surface area (Å²) in [7, 11) is 0. The Bertz CT molecular complexity index is 998. The Labute approximate surface area is 213 Å². The molecule has 8 nitrogen and oxygen atoms in total. The van der Waals surface area contributed by atoms with Crippen molar-refractivity contribution in [3.05, 3.63) is 71.8 Å². The molecule has 2 saturated carbocycles. The van der Waals surface area contributed by atoms with Crippen molar-refractivity contribution in [1.82, 2.24) is 35.5 Å². The maximum absolute atomic E-state index is 13.3. The summed E-state index contributed by atoms with van der Waals surface area (Å²) in [5.41, 5.74) is 1.88. The smallest absolute Gasteiger partial charge is 0.254 e. The Morgan fingerprint density at radius 3 is 1.97 bits per heavy atom. The fourth-order valence-electron chi connectivity index (χ4n) is 5.61. The van der Waals surface area contributed by atoms with Gasteiger partial charge in [0.2, 0.25) is 0 Å². The van der Waals surface area contributed by atoms with Crippen LogP contribution in [-0.2, 0) is 19.6 Å². The normalized spacial score (nSPS) is 20.9. The van der Waals surface area contributed by atoms with Gasteiger partial charge < -0.3 is 25.5 Å². The maximum atomic E-state index is 13.3. The minimum atomic E-state index is -0.0360. The van der Waals surface area contributed by atoms with Gasteiger partial charge in [-0.3, -0.25) is 4.79 Å². The van der Waals surface area contributed by atoms with E-state index in [1.807, 2.05) is 12.1 Å². The lowest BCUT2D eigenvalue weighted by Gasteiger charge is -2.34. The second-order valence-corrected chi connectivity index (χ2v) is 10.4. The van der Waals surface area contributed by atoms with Gasteiger partial charge in [-0.15, -0.1) is 0 Å². The molecule has 2 aliphatic rings. The van der Waals surface area contributed by atoms with Crippen molar-refractivity contribution >= 4 is 5.91 Å². The predicted octanol–water partition coefficient (Wildman–Crippen LogP) is 4.30. The highest BCUT2D eigenvalue weighted by atomic mass is 16.2. The number of carbonyl (C=O) groups is 1. The van der Waals surface area contributed by atoms with Crippen molar-refractivity contribution in [2.24, 2.45) is 0 Å². The second-order valence-electron chi connectivity index (χ2n) is 10.4. The van der Waals surface area contributed by atoms with Gasteiger partial charge in [-0.25, -0.2) is 9.97 Å². The molecule has 0 spiro atoms. The minimum absolute atomic E-state index is 0.0360. The van der Waals surface area contributed by atoms with Crippen LogP contribution in [0.4, 0.5) is 0 Å². The minimum Gasteiger partial charge on any atom is -0.347 e. The van der Waals surface area contributed by atoms with Crippen LogP contribution in [0.1, 0.15) is 85.4 Å². The zero-order valence-corrected chi connectivity index (χ0v) is 21.1. The summed E-state index contributed by atoms with van der Waals surface area (Å²) in [5, 5.41) is 7.67. The quantitative estimate of drug-likeness (QED) is 0.340. The molecular formula is C28H39N7O. The van der Waals surface area contributed by atoms with E-state index in [0.29, 0.717) is 30.7 Å². The fraction of sp³-hybridized carbons (Fsp3) is 0.536. The molecule has 0 radical (unpaired) electrons. The van der Waals surface area contributed by atoms with Gasteiger partial charge in [0.25, 0.3) is 5.91 Å². The number of aromatic nitrogens is 4. The van der Waals surface area contributed by atoms with Crippen molar-refractivity contribution in [2.45, 2.75) is 95.5 Å². The van der Waals surface area contributed by atoms with Gasteiger partial charge in [-0.1, -0.05) is 31.4 Å². The fourth-order valence-corrected chi connectivity index (χ4v) is 5.61. The molecule has 0 aliphatic heterocycles. The highest BCUT2D eigenvalue weighted by Crippen LogP contribution is 2.23. The Hall–Kier alpha value is -2.97. The molecule has 36 heavy (non-hydrogen) atoms. The number of aromatic amines is 2. The average molecular weight is 490 g/mol. The lowest BCUT2D eigenvalue weighted by molar-refractivity contribution is 0.0721. The first-order valence-corrected chi connectivity index (χ1v) is 13.6. The molecule has 5 rings (SSSR count). The number of carbonyl (C=O) groups excluding carboxylic acids is 1. The molecule has 2 aliphatic carbocycles. The summed E-state index contributed by atoms with van der Waals surface area (Å²) >= 11 is 0. The number of hydrogen-bond donors (Lipinski definition) is 4. The van der Waals surface area contributed by atoms with Crippen molar-refractivity contribution < 1.29 is 4.79 Å². The SMILES string of the molecule is O=C(c1ccc(CN[C@H]2CC[C@H](NC3CCCCC3)CC2)cc1)N(Cc1ncc[nH]1)Cc1ncc[nH]1. The highest BCUT2D eigenvalue weighted by Gasteiger charge is 2.24. The van der Waals surface area contributed by atoms with Crippen LogP contribution in [0.3, 0.4) is 0 Å². The lowest BCUT2D eigenvalue weighted by Crippen LogP contribution is -2.44. The van der Waals surface area contributed by atoms with Gasteiger partial charge in [0, 0.05) is 55.0 Å². The molecule has 2 heterocycles. The van der Waals surface area contributed by atoms with E-state index in [4.69, 9.17) is 0 Å². The third-order valence-electron chi connectivity index (χ3n) is 7.68. The van der Waals surface area contributed by atoms with Crippen molar-refractivity contribution in [3.63, 3.8) is 0 Å². The molecule has 192 valence electrons. The molecule has 0 unspecified atom stereocenters. The van der Waals surface area contributed by atoms with Crippen LogP contribution in [0.15, 0.2) is 49.1 Å². The highest BCUT2D eigenvalue weighted by molar-refractivity contribution is 5.94. The van der Waals surface area contributed by atoms with Crippen LogP contribution < -0.4 is 10.6 Å². The van der Waals surface area contributed by atoms with Crippen molar-refractivity contribution in [1.29, 1.82) is 0 Å². The molecular weight excluding hydrogens is 450 g/mol. The third-order valence-corrected chi connectivity index (χ3v) is 7.68. The summed E-state index contributed by atoms with van der Waals surface area (Å²) in [6.45, 7) is 1.63. The number of imidazole rings is 2. The van der Waals surface area contributed by atoms with E-state index in [9.17, 15) is 4.79 Å². The molecule has 2 fully saturated rings. The van der Waals surface area contributed by atoms with Gasteiger partial charge in [0.15, 0.2) is 0 Å². The largest absolute Gasteiger partial charge is 0.347 e. The Morgan fingerprint density at radius 2 is 1.39 bits per heavy atom. The average Bonchev–Trinajstić information content (AvgIpc) is 3.63. The molecule has 4 N–H and O–H groups in total. The first-order valence-electron chi connectivity index (χ1n) is 13.6. The molecule has 2 aromatic heterocycles. The molecule has 1 aromatic carbocycles. The van der Waals surface area contributed by atoms with Crippen molar-refractivity contribution in [3.8, 4) is 0 Å². The second kappa shape index (κ2) is 12.3. The van der Waals surface area contributed by atoms with E-state index in [-0.39, 0.29) is 5.91 Å². The number of amides is 1. The first kappa shape index (κ1) is 24.7. The van der Waals surface area contributed by atoms with E-state index in [0.717, 1.165) is 24.2 Å². The van der Waals surface area contributed by atoms with Crippen LogP contribution in [0, 0.1) is 0 Å². The lowest BCUT2D eigenvalue weighted by atomic mass is 9.88. The Morgan fingerprint density at radius 1 is 0.806 bits per heavy atom. The molecule has 8 heteroatoms. The zero-order chi connectivity index (χ0) is 24.6. The van der Waals surface area contributed by atoms with E-state index in [2.05, 4.69) is 42.7 Å². The molecule has 3 aromatic rings. The number of nitrogens with one attached hydrogen (secondary N) is 4. The predicted molar refractivity (Wildman–Crippen MR) is 140 cm³/mol. The number of benzene rings is 1. The molecule has 1 amide bonds. The topological polar surface area (TPSA) is 102 Å². The van der Waals surface area contributed by atoms with Crippen LogP contribution in [0.5, 0.6) is 0 Å². The van der Waals surface area contributed by atoms with Crippen LogP contribution in [-0.4, -0.2) is 48.9 Å². The van der Waals surface area contributed by atoms with Crippen LogP contribution in [0.2, 0.25) is 0 Å². The summed E-state index contributed by atoms with van der Waals surface area (Å²) in [4.78, 5) is 29.8. The van der Waals surface area contributed by atoms with Gasteiger partial charge in [-0.05, 0) is 56.2 Å². The van der Waals surface area contributed by atoms with Gasteiger partial charge >= 0.3 is 0 Å². The van der Waals surface area contributed by atoms with Gasteiger partial charge in [0.1, 0.15) is 11.6 Å². The summed E-state index contributed by atoms with van der Waals surface area (Å²) in [6, 6.07) is 10.0. The zero-order valence-electron chi connectivity index (χ0n) is 21.1. The Balaban J connectivity index is 1.10. The molecule has 0 atom stereocenters. The number of nitrogens with zero attached hydrogens (tertiary/aromatic N) is 3. The van der Waals surface area contributed by atoms with Crippen molar-refractivity contribution in [2.75, 3.05) is 0 Å². The molecule has 0 saturated heterocycles. The van der Waals surface area contributed by atoms with Gasteiger partial charge in [0.05, 0.1) is 13.1 Å². The summed E-state index contributed by atoms with van der Waals surface area (Å²) < 4.78 is 0. The van der Waals surface area contributed by atoms with Crippen LogP contribution >= 0.6 is 0 Å². The van der Waals surface area contributed by atoms with Gasteiger partial charge in [-0.2, -0.15) is 0 Å². The van der Waals surface area contributed by atoms with E-state index in [1.54, 1.807) is 29.7 Å². The van der Waals surface area contributed by atoms with E-state index in [1.165, 1.54) is 63.4 Å². The van der Waals surface area contributed by atoms with E-state index >= 15 is 0 Å². The number of rotatable bonds is 10. The first-order chi connectivity index (χ1) is 17.7. The monoisotopic (exact) mass is 489 g/mol. The third kappa shape index (κ3) is 6.83. The van der Waals surface area contributed by atoms with Crippen LogP contribution in [0.25, 0.3) is 0 Å². The van der Waals surface area contributed by atoms with E-state index < -0.39 is 0 Å². The maximum Gasteiger partial charge on any atom is 0.254 e. The molecule has 0 bridgehead atoms. The summed E-state index contributed by atoms with van der Waals surface area (Å²) in [5.74, 6) is 1.46. The number of H-pyrrole nitrogens is 2.